The Labute approximate surface area is 138 Å². The number of nitrogens with one attached hydrogen (secondary N) is 1. The number of amides is 1. The van der Waals surface area contributed by atoms with Crippen LogP contribution in [0.5, 0.6) is 0 Å². The number of rotatable bonds is 4. The summed E-state index contributed by atoms with van der Waals surface area (Å²) in [6.45, 7) is 0. The number of aryl methyl sites for hydroxylation is 1. The van der Waals surface area contributed by atoms with Crippen molar-refractivity contribution in [3.8, 4) is 11.3 Å². The van der Waals surface area contributed by atoms with E-state index in [2.05, 4.69) is 10.4 Å². The van der Waals surface area contributed by atoms with E-state index in [1.807, 2.05) is 7.05 Å². The highest BCUT2D eigenvalue weighted by Crippen LogP contribution is 2.45. The molecule has 1 amide bonds. The summed E-state index contributed by atoms with van der Waals surface area (Å²) >= 11 is 0. The molecule has 1 heterocycles. The van der Waals surface area contributed by atoms with E-state index in [0.29, 0.717) is 18.2 Å². The smallest absolute Gasteiger partial charge is 0.231 e. The number of anilines is 1. The fourth-order valence-corrected chi connectivity index (χ4v) is 3.31. The highest BCUT2D eigenvalue weighted by atomic mass is 19.1. The van der Waals surface area contributed by atoms with Crippen molar-refractivity contribution in [2.24, 2.45) is 13.0 Å². The average molecular weight is 331 g/mol. The SMILES string of the molecule is Cn1nc(NC(=O)[C@H]2C[C@H]2F)c(C2CCC2)c1-c1ccc(F)cc1. The van der Waals surface area contributed by atoms with Gasteiger partial charge in [0.05, 0.1) is 11.6 Å². The van der Waals surface area contributed by atoms with Crippen molar-refractivity contribution in [1.29, 1.82) is 0 Å². The van der Waals surface area contributed by atoms with Crippen LogP contribution in [0.3, 0.4) is 0 Å². The van der Waals surface area contributed by atoms with Crippen LogP contribution >= 0.6 is 0 Å². The summed E-state index contributed by atoms with van der Waals surface area (Å²) in [5.74, 6) is -0.287. The van der Waals surface area contributed by atoms with Crippen LogP contribution in [0.4, 0.5) is 14.6 Å². The molecule has 4 rings (SSSR count). The molecule has 2 fully saturated rings. The normalized spacial score (nSPS) is 23.0. The molecule has 2 aliphatic rings. The Morgan fingerprint density at radius 2 is 1.96 bits per heavy atom. The fraction of sp³-hybridized carbons (Fsp3) is 0.444. The van der Waals surface area contributed by atoms with Gasteiger partial charge in [-0.25, -0.2) is 8.78 Å². The van der Waals surface area contributed by atoms with Gasteiger partial charge in [0.25, 0.3) is 0 Å². The van der Waals surface area contributed by atoms with Crippen LogP contribution in [0.25, 0.3) is 11.3 Å². The lowest BCUT2D eigenvalue weighted by Crippen LogP contribution is -2.18. The van der Waals surface area contributed by atoms with E-state index in [9.17, 15) is 13.6 Å². The van der Waals surface area contributed by atoms with Gasteiger partial charge in [-0.1, -0.05) is 6.42 Å². The Morgan fingerprint density at radius 1 is 1.29 bits per heavy atom. The fourth-order valence-electron chi connectivity index (χ4n) is 3.31. The van der Waals surface area contributed by atoms with Crippen molar-refractivity contribution in [1.82, 2.24) is 9.78 Å². The first-order valence-electron chi connectivity index (χ1n) is 8.32. The molecule has 1 aromatic carbocycles. The van der Waals surface area contributed by atoms with Crippen molar-refractivity contribution < 1.29 is 13.6 Å². The first-order chi connectivity index (χ1) is 11.5. The maximum Gasteiger partial charge on any atom is 0.231 e. The topological polar surface area (TPSA) is 46.9 Å². The zero-order valence-corrected chi connectivity index (χ0v) is 13.4. The highest BCUT2D eigenvalue weighted by molar-refractivity contribution is 5.95. The van der Waals surface area contributed by atoms with Gasteiger partial charge >= 0.3 is 0 Å². The molecule has 2 aromatic rings. The first kappa shape index (κ1) is 15.3. The Morgan fingerprint density at radius 3 is 2.50 bits per heavy atom. The standard InChI is InChI=1S/C18H19F2N3O/c1-23-16(11-5-7-12(19)8-6-11)15(10-3-2-4-10)17(22-23)21-18(24)13-9-14(13)20/h5-8,10,13-14H,2-4,9H2,1H3,(H,21,22,24)/t13-,14+/m0/s1. The maximum atomic E-state index is 13.2. The van der Waals surface area contributed by atoms with Crippen molar-refractivity contribution in [3.05, 3.63) is 35.6 Å². The minimum absolute atomic E-state index is 0.289. The maximum absolute atomic E-state index is 13.2. The van der Waals surface area contributed by atoms with Crippen LogP contribution < -0.4 is 5.32 Å². The van der Waals surface area contributed by atoms with Crippen molar-refractivity contribution in [2.75, 3.05) is 5.32 Å². The monoisotopic (exact) mass is 331 g/mol. The molecule has 0 saturated heterocycles. The molecular formula is C18H19F2N3O. The van der Waals surface area contributed by atoms with Gasteiger partial charge in [0.2, 0.25) is 5.91 Å². The molecule has 2 atom stereocenters. The number of aromatic nitrogens is 2. The summed E-state index contributed by atoms with van der Waals surface area (Å²) in [5, 5.41) is 7.27. The van der Waals surface area contributed by atoms with Gasteiger partial charge in [0.15, 0.2) is 5.82 Å². The highest BCUT2D eigenvalue weighted by Gasteiger charge is 2.44. The average Bonchev–Trinajstić information content (AvgIpc) is 3.15. The summed E-state index contributed by atoms with van der Waals surface area (Å²) < 4.78 is 28.1. The van der Waals surface area contributed by atoms with Crippen LogP contribution in [0.2, 0.25) is 0 Å². The lowest BCUT2D eigenvalue weighted by molar-refractivity contribution is -0.117. The minimum atomic E-state index is -1.03. The zero-order valence-electron chi connectivity index (χ0n) is 13.4. The van der Waals surface area contributed by atoms with E-state index < -0.39 is 12.1 Å². The summed E-state index contributed by atoms with van der Waals surface area (Å²) in [5.41, 5.74) is 2.74. The molecule has 1 N–H and O–H groups in total. The molecule has 0 aliphatic heterocycles. The molecule has 1 aromatic heterocycles. The van der Waals surface area contributed by atoms with Crippen LogP contribution in [0, 0.1) is 11.7 Å². The van der Waals surface area contributed by atoms with Gasteiger partial charge in [0, 0.05) is 18.2 Å². The molecule has 0 bridgehead atoms. The third kappa shape index (κ3) is 2.60. The van der Waals surface area contributed by atoms with E-state index in [4.69, 9.17) is 0 Å². The summed E-state index contributed by atoms with van der Waals surface area (Å²) in [6.07, 6.45) is 2.49. The number of halogens is 2. The van der Waals surface area contributed by atoms with Gasteiger partial charge < -0.3 is 5.32 Å². The van der Waals surface area contributed by atoms with E-state index in [0.717, 1.165) is 36.1 Å². The van der Waals surface area contributed by atoms with Crippen molar-refractivity contribution >= 4 is 11.7 Å². The number of carbonyl (C=O) groups excluding carboxylic acids is 1. The summed E-state index contributed by atoms with van der Waals surface area (Å²) in [7, 11) is 1.81. The number of carbonyl (C=O) groups is 1. The third-order valence-electron chi connectivity index (χ3n) is 5.01. The second-order valence-electron chi connectivity index (χ2n) is 6.72. The number of alkyl halides is 1. The lowest BCUT2D eigenvalue weighted by atomic mass is 9.79. The van der Waals surface area contributed by atoms with Gasteiger partial charge in [-0.3, -0.25) is 9.48 Å². The van der Waals surface area contributed by atoms with Crippen LogP contribution in [0.15, 0.2) is 24.3 Å². The Kier molecular flexibility index (Phi) is 3.62. The van der Waals surface area contributed by atoms with E-state index in [-0.39, 0.29) is 11.7 Å². The molecule has 2 aliphatic carbocycles. The first-order valence-corrected chi connectivity index (χ1v) is 8.32. The molecule has 6 heteroatoms. The minimum Gasteiger partial charge on any atom is -0.309 e. The molecule has 0 spiro atoms. The quantitative estimate of drug-likeness (QED) is 0.926. The predicted octanol–water partition coefficient (Wildman–Crippen LogP) is 3.79. The van der Waals surface area contributed by atoms with E-state index in [1.54, 1.807) is 16.8 Å². The second kappa shape index (κ2) is 5.69. The number of benzene rings is 1. The molecular weight excluding hydrogens is 312 g/mol. The largest absolute Gasteiger partial charge is 0.309 e. The molecule has 24 heavy (non-hydrogen) atoms. The van der Waals surface area contributed by atoms with Crippen LogP contribution in [0.1, 0.15) is 37.2 Å². The van der Waals surface area contributed by atoms with E-state index >= 15 is 0 Å². The van der Waals surface area contributed by atoms with Gasteiger partial charge in [-0.15, -0.1) is 0 Å². The summed E-state index contributed by atoms with van der Waals surface area (Å²) in [4.78, 5) is 12.1. The molecule has 2 saturated carbocycles. The number of hydrogen-bond acceptors (Lipinski definition) is 2. The van der Waals surface area contributed by atoms with Crippen molar-refractivity contribution in [3.63, 3.8) is 0 Å². The third-order valence-corrected chi connectivity index (χ3v) is 5.01. The Hall–Kier alpha value is -2.24. The molecule has 126 valence electrons. The molecule has 4 nitrogen and oxygen atoms in total. The summed E-state index contributed by atoms with van der Waals surface area (Å²) in [6, 6.07) is 6.28. The molecule has 0 unspecified atom stereocenters. The number of nitrogens with zero attached hydrogens (tertiary/aromatic N) is 2. The van der Waals surface area contributed by atoms with Gasteiger partial charge in [-0.2, -0.15) is 5.10 Å². The zero-order chi connectivity index (χ0) is 16.8. The van der Waals surface area contributed by atoms with Crippen LogP contribution in [-0.2, 0) is 11.8 Å². The van der Waals surface area contributed by atoms with Crippen LogP contribution in [-0.4, -0.2) is 21.9 Å². The second-order valence-corrected chi connectivity index (χ2v) is 6.72. The predicted molar refractivity (Wildman–Crippen MR) is 86.8 cm³/mol. The molecule has 0 radical (unpaired) electrons. The van der Waals surface area contributed by atoms with Gasteiger partial charge in [0.1, 0.15) is 12.0 Å². The van der Waals surface area contributed by atoms with Crippen molar-refractivity contribution in [2.45, 2.75) is 37.8 Å². The Balaban J connectivity index is 1.72. The Bertz CT molecular complexity index is 780. The lowest BCUT2D eigenvalue weighted by Gasteiger charge is -2.27. The van der Waals surface area contributed by atoms with E-state index in [1.165, 1.54) is 12.1 Å². The number of hydrogen-bond donors (Lipinski definition) is 1. The van der Waals surface area contributed by atoms with Gasteiger partial charge in [-0.05, 0) is 49.4 Å².